The van der Waals surface area contributed by atoms with E-state index in [-0.39, 0.29) is 12.3 Å². The van der Waals surface area contributed by atoms with Crippen molar-refractivity contribution >= 4 is 11.9 Å². The molecule has 1 unspecified atom stereocenters. The predicted molar refractivity (Wildman–Crippen MR) is 69.3 cm³/mol. The van der Waals surface area contributed by atoms with Gasteiger partial charge in [0.15, 0.2) is 0 Å². The van der Waals surface area contributed by atoms with Gasteiger partial charge in [-0.3, -0.25) is 9.59 Å². The van der Waals surface area contributed by atoms with Gasteiger partial charge < -0.3 is 15.3 Å². The maximum atomic E-state index is 11.7. The lowest BCUT2D eigenvalue weighted by Crippen LogP contribution is -2.37. The minimum absolute atomic E-state index is 0.149. The molecule has 5 nitrogen and oxygen atoms in total. The zero-order chi connectivity index (χ0) is 13.5. The summed E-state index contributed by atoms with van der Waals surface area (Å²) >= 11 is 0. The minimum atomic E-state index is -0.740. The summed E-state index contributed by atoms with van der Waals surface area (Å²) in [5.74, 6) is -0.211. The second kappa shape index (κ2) is 7.36. The van der Waals surface area contributed by atoms with Crippen LogP contribution in [0.15, 0.2) is 0 Å². The molecule has 1 amide bonds. The second-order valence-electron chi connectivity index (χ2n) is 5.24. The van der Waals surface area contributed by atoms with Crippen molar-refractivity contribution in [1.29, 1.82) is 0 Å². The van der Waals surface area contributed by atoms with Gasteiger partial charge in [0.05, 0.1) is 6.54 Å². The summed E-state index contributed by atoms with van der Waals surface area (Å²) in [6, 6.07) is 0.466. The number of carboxylic acid groups (broad SMARTS) is 1. The molecule has 0 aliphatic heterocycles. The fourth-order valence-electron chi connectivity index (χ4n) is 1.85. The van der Waals surface area contributed by atoms with Gasteiger partial charge in [0.2, 0.25) is 5.91 Å². The van der Waals surface area contributed by atoms with Crippen LogP contribution in [0.4, 0.5) is 0 Å². The van der Waals surface area contributed by atoms with Crippen LogP contribution in [0, 0.1) is 5.92 Å². The summed E-state index contributed by atoms with van der Waals surface area (Å²) in [5, 5.41) is 11.7. The molecule has 1 fully saturated rings. The van der Waals surface area contributed by atoms with E-state index in [0.717, 1.165) is 25.8 Å². The van der Waals surface area contributed by atoms with E-state index in [1.807, 2.05) is 18.9 Å². The molecule has 18 heavy (non-hydrogen) atoms. The summed E-state index contributed by atoms with van der Waals surface area (Å²) in [6.07, 6.45) is 4.11. The topological polar surface area (TPSA) is 69.6 Å². The van der Waals surface area contributed by atoms with Crippen LogP contribution in [0.3, 0.4) is 0 Å². The highest BCUT2D eigenvalue weighted by Crippen LogP contribution is 2.25. The van der Waals surface area contributed by atoms with Gasteiger partial charge in [-0.15, -0.1) is 0 Å². The number of carbonyl (C=O) groups is 2. The molecule has 0 aromatic rings. The van der Waals surface area contributed by atoms with E-state index < -0.39 is 5.97 Å². The SMILES string of the molecule is CC(CCNCC(=O)N(C)C1CC1)CCC(=O)O. The molecule has 0 saturated heterocycles. The normalized spacial score (nSPS) is 16.3. The Morgan fingerprint density at radius 2 is 2.06 bits per heavy atom. The number of carboxylic acids is 1. The van der Waals surface area contributed by atoms with E-state index in [4.69, 9.17) is 5.11 Å². The third kappa shape index (κ3) is 6.00. The van der Waals surface area contributed by atoms with Crippen LogP contribution < -0.4 is 5.32 Å². The molecule has 0 aromatic carbocycles. The van der Waals surface area contributed by atoms with Crippen molar-refractivity contribution in [3.8, 4) is 0 Å². The average Bonchev–Trinajstić information content (AvgIpc) is 3.14. The molecular weight excluding hydrogens is 232 g/mol. The van der Waals surface area contributed by atoms with Gasteiger partial charge in [-0.25, -0.2) is 0 Å². The van der Waals surface area contributed by atoms with Gasteiger partial charge >= 0.3 is 5.97 Å². The van der Waals surface area contributed by atoms with Gasteiger partial charge in [-0.2, -0.15) is 0 Å². The fourth-order valence-corrected chi connectivity index (χ4v) is 1.85. The highest BCUT2D eigenvalue weighted by molar-refractivity contribution is 5.78. The number of likely N-dealkylation sites (N-methyl/N-ethyl adjacent to an activating group) is 1. The number of hydrogen-bond donors (Lipinski definition) is 2. The monoisotopic (exact) mass is 256 g/mol. The Balaban J connectivity index is 2.00. The third-order valence-electron chi connectivity index (χ3n) is 3.43. The molecule has 1 rings (SSSR count). The zero-order valence-corrected chi connectivity index (χ0v) is 11.3. The largest absolute Gasteiger partial charge is 0.481 e. The molecule has 1 saturated carbocycles. The van der Waals surface area contributed by atoms with Gasteiger partial charge in [-0.05, 0) is 38.1 Å². The molecule has 1 atom stereocenters. The Morgan fingerprint density at radius 3 is 2.61 bits per heavy atom. The van der Waals surface area contributed by atoms with Crippen molar-refractivity contribution in [2.24, 2.45) is 5.92 Å². The van der Waals surface area contributed by atoms with Crippen LogP contribution in [0.5, 0.6) is 0 Å². The van der Waals surface area contributed by atoms with Gasteiger partial charge in [0.1, 0.15) is 0 Å². The molecule has 0 bridgehead atoms. The summed E-state index contributed by atoms with van der Waals surface area (Å²) in [4.78, 5) is 23.9. The molecule has 0 aromatic heterocycles. The number of rotatable bonds is 9. The van der Waals surface area contributed by atoms with E-state index in [0.29, 0.717) is 24.9 Å². The number of amides is 1. The predicted octanol–water partition coefficient (Wildman–Crippen LogP) is 1.09. The van der Waals surface area contributed by atoms with Gasteiger partial charge in [0.25, 0.3) is 0 Å². The summed E-state index contributed by atoms with van der Waals surface area (Å²) < 4.78 is 0. The Bertz CT molecular complexity index is 290. The van der Waals surface area contributed by atoms with Gasteiger partial charge in [0, 0.05) is 19.5 Å². The van der Waals surface area contributed by atoms with Crippen molar-refractivity contribution in [2.45, 2.75) is 45.1 Å². The van der Waals surface area contributed by atoms with E-state index in [9.17, 15) is 9.59 Å². The zero-order valence-electron chi connectivity index (χ0n) is 11.3. The third-order valence-corrected chi connectivity index (χ3v) is 3.43. The standard InChI is InChI=1S/C13H24N2O3/c1-10(3-6-13(17)18)7-8-14-9-12(16)15(2)11-4-5-11/h10-11,14H,3-9H2,1-2H3,(H,17,18). The lowest BCUT2D eigenvalue weighted by molar-refractivity contribution is -0.137. The molecule has 1 aliphatic carbocycles. The molecule has 1 aliphatic rings. The Morgan fingerprint density at radius 1 is 1.39 bits per heavy atom. The van der Waals surface area contributed by atoms with Crippen molar-refractivity contribution in [1.82, 2.24) is 10.2 Å². The lowest BCUT2D eigenvalue weighted by Gasteiger charge is -2.17. The van der Waals surface area contributed by atoms with Crippen molar-refractivity contribution in [3.05, 3.63) is 0 Å². The molecule has 2 N–H and O–H groups in total. The number of aliphatic carboxylic acids is 1. The second-order valence-corrected chi connectivity index (χ2v) is 5.24. The van der Waals surface area contributed by atoms with Crippen molar-refractivity contribution < 1.29 is 14.7 Å². The first-order valence-electron chi connectivity index (χ1n) is 6.69. The van der Waals surface area contributed by atoms with Crippen LogP contribution >= 0.6 is 0 Å². The molecule has 0 spiro atoms. The number of nitrogens with one attached hydrogen (secondary N) is 1. The molecule has 104 valence electrons. The van der Waals surface area contributed by atoms with Crippen LogP contribution in [0.25, 0.3) is 0 Å². The summed E-state index contributed by atoms with van der Waals surface area (Å²) in [6.45, 7) is 3.20. The number of hydrogen-bond acceptors (Lipinski definition) is 3. The summed E-state index contributed by atoms with van der Waals surface area (Å²) in [7, 11) is 1.86. The quantitative estimate of drug-likeness (QED) is 0.606. The van der Waals surface area contributed by atoms with Crippen LogP contribution in [-0.4, -0.2) is 48.1 Å². The van der Waals surface area contributed by atoms with Gasteiger partial charge in [-0.1, -0.05) is 6.92 Å². The Labute approximate surface area is 109 Å². The van der Waals surface area contributed by atoms with Crippen LogP contribution in [0.2, 0.25) is 0 Å². The fraction of sp³-hybridized carbons (Fsp3) is 0.846. The summed E-state index contributed by atoms with van der Waals surface area (Å²) in [5.41, 5.74) is 0. The maximum Gasteiger partial charge on any atom is 0.303 e. The Kier molecular flexibility index (Phi) is 6.12. The maximum absolute atomic E-state index is 11.7. The first kappa shape index (κ1) is 15.0. The molecule has 0 heterocycles. The smallest absolute Gasteiger partial charge is 0.303 e. The van der Waals surface area contributed by atoms with Crippen molar-refractivity contribution in [3.63, 3.8) is 0 Å². The highest BCUT2D eigenvalue weighted by Gasteiger charge is 2.28. The van der Waals surface area contributed by atoms with Crippen molar-refractivity contribution in [2.75, 3.05) is 20.1 Å². The number of carbonyl (C=O) groups excluding carboxylic acids is 1. The lowest BCUT2D eigenvalue weighted by atomic mass is 10.0. The van der Waals surface area contributed by atoms with Crippen LogP contribution in [-0.2, 0) is 9.59 Å². The Hall–Kier alpha value is -1.10. The van der Waals surface area contributed by atoms with E-state index >= 15 is 0 Å². The molecule has 5 heteroatoms. The van der Waals surface area contributed by atoms with E-state index in [2.05, 4.69) is 5.32 Å². The number of nitrogens with zero attached hydrogens (tertiary/aromatic N) is 1. The minimum Gasteiger partial charge on any atom is -0.481 e. The molecular formula is C13H24N2O3. The van der Waals surface area contributed by atoms with E-state index in [1.54, 1.807) is 0 Å². The first-order valence-corrected chi connectivity index (χ1v) is 6.69. The molecule has 0 radical (unpaired) electrons. The van der Waals surface area contributed by atoms with Crippen LogP contribution in [0.1, 0.15) is 39.0 Å². The average molecular weight is 256 g/mol. The van der Waals surface area contributed by atoms with E-state index in [1.165, 1.54) is 0 Å². The highest BCUT2D eigenvalue weighted by atomic mass is 16.4. The first-order chi connectivity index (χ1) is 8.50.